The molecule has 5 nitrogen and oxygen atoms in total. The topological polar surface area (TPSA) is 58.6 Å². The third kappa shape index (κ3) is 6.46. The number of nitrogens with one attached hydrogen (secondary N) is 1. The normalized spacial score (nSPS) is 13.4. The summed E-state index contributed by atoms with van der Waals surface area (Å²) in [5, 5.41) is 0. The maximum Gasteiger partial charge on any atom is 0.240 e. The Labute approximate surface area is 128 Å². The molecule has 0 saturated carbocycles. The third-order valence-electron chi connectivity index (χ3n) is 2.90. The fraction of sp³-hybridized carbons (Fsp3) is 0.600. The number of ether oxygens (including phenoxy) is 1. The van der Waals surface area contributed by atoms with E-state index < -0.39 is 10.0 Å². The largest absolute Gasteiger partial charge is 0.494 e. The molecule has 0 aliphatic carbocycles. The summed E-state index contributed by atoms with van der Waals surface area (Å²) in [6, 6.07) is 6.39. The van der Waals surface area contributed by atoms with Gasteiger partial charge in [0.05, 0.1) is 11.5 Å². The summed E-state index contributed by atoms with van der Waals surface area (Å²) in [5.41, 5.74) is 0. The van der Waals surface area contributed by atoms with Gasteiger partial charge in [-0.05, 0) is 51.7 Å². The van der Waals surface area contributed by atoms with Gasteiger partial charge in [-0.25, -0.2) is 13.1 Å². The number of nitrogens with zero attached hydrogens (tertiary/aromatic N) is 1. The molecule has 0 aliphatic heterocycles. The van der Waals surface area contributed by atoms with E-state index in [1.165, 1.54) is 0 Å². The lowest BCUT2D eigenvalue weighted by Crippen LogP contribution is -2.39. The molecule has 0 radical (unpaired) electrons. The SMILES string of the molecule is CCCCOc1ccc(S(=O)(=O)NC(C)CN(C)C)cc1. The van der Waals surface area contributed by atoms with Crippen molar-refractivity contribution in [2.75, 3.05) is 27.2 Å². The lowest BCUT2D eigenvalue weighted by Gasteiger charge is -2.18. The maximum absolute atomic E-state index is 12.2. The molecular formula is C15H26N2O3S. The Balaban J connectivity index is 2.66. The van der Waals surface area contributed by atoms with E-state index in [4.69, 9.17) is 4.74 Å². The predicted molar refractivity (Wildman–Crippen MR) is 85.2 cm³/mol. The summed E-state index contributed by atoms with van der Waals surface area (Å²) >= 11 is 0. The van der Waals surface area contributed by atoms with Gasteiger partial charge in [0.2, 0.25) is 10.0 Å². The summed E-state index contributed by atoms with van der Waals surface area (Å²) in [6.07, 6.45) is 2.06. The molecule has 1 rings (SSSR count). The van der Waals surface area contributed by atoms with Crippen LogP contribution in [0.25, 0.3) is 0 Å². The van der Waals surface area contributed by atoms with Gasteiger partial charge in [0.1, 0.15) is 5.75 Å². The highest BCUT2D eigenvalue weighted by molar-refractivity contribution is 7.89. The second-order valence-corrected chi connectivity index (χ2v) is 7.17. The van der Waals surface area contributed by atoms with Crippen LogP contribution in [0.15, 0.2) is 29.2 Å². The summed E-state index contributed by atoms with van der Waals surface area (Å²) in [4.78, 5) is 2.20. The molecule has 0 saturated heterocycles. The van der Waals surface area contributed by atoms with Crippen molar-refractivity contribution in [3.63, 3.8) is 0 Å². The van der Waals surface area contributed by atoms with Gasteiger partial charge < -0.3 is 9.64 Å². The van der Waals surface area contributed by atoms with Crippen LogP contribution < -0.4 is 9.46 Å². The van der Waals surface area contributed by atoms with Crippen molar-refractivity contribution in [3.8, 4) is 5.75 Å². The summed E-state index contributed by atoms with van der Waals surface area (Å²) < 4.78 is 32.6. The molecule has 0 fully saturated rings. The number of rotatable bonds is 9. The van der Waals surface area contributed by atoms with Crippen LogP contribution >= 0.6 is 0 Å². The lowest BCUT2D eigenvalue weighted by atomic mass is 10.3. The molecule has 1 atom stereocenters. The Morgan fingerprint density at radius 2 is 1.86 bits per heavy atom. The fourth-order valence-electron chi connectivity index (χ4n) is 1.97. The van der Waals surface area contributed by atoms with Crippen LogP contribution in [0.2, 0.25) is 0 Å². The highest BCUT2D eigenvalue weighted by Crippen LogP contribution is 2.16. The van der Waals surface area contributed by atoms with E-state index in [1.807, 2.05) is 25.9 Å². The Bertz CT molecular complexity index is 512. The van der Waals surface area contributed by atoms with Gasteiger partial charge in [-0.1, -0.05) is 13.3 Å². The van der Waals surface area contributed by atoms with Crippen LogP contribution in [-0.2, 0) is 10.0 Å². The quantitative estimate of drug-likeness (QED) is 0.709. The van der Waals surface area contributed by atoms with Gasteiger partial charge in [-0.3, -0.25) is 0 Å². The molecule has 21 heavy (non-hydrogen) atoms. The highest BCUT2D eigenvalue weighted by Gasteiger charge is 2.17. The van der Waals surface area contributed by atoms with Gasteiger partial charge in [0.25, 0.3) is 0 Å². The summed E-state index contributed by atoms with van der Waals surface area (Å²) in [7, 11) is 0.341. The molecule has 1 unspecified atom stereocenters. The molecular weight excluding hydrogens is 288 g/mol. The Hall–Kier alpha value is -1.11. The third-order valence-corrected chi connectivity index (χ3v) is 4.50. The van der Waals surface area contributed by atoms with Crippen LogP contribution in [0.4, 0.5) is 0 Å². The second-order valence-electron chi connectivity index (χ2n) is 5.46. The number of hydrogen-bond acceptors (Lipinski definition) is 4. The van der Waals surface area contributed by atoms with E-state index in [0.29, 0.717) is 18.9 Å². The molecule has 0 heterocycles. The van der Waals surface area contributed by atoms with Crippen molar-refractivity contribution in [2.45, 2.75) is 37.6 Å². The average molecular weight is 314 g/mol. The van der Waals surface area contributed by atoms with Crippen molar-refractivity contribution in [3.05, 3.63) is 24.3 Å². The zero-order valence-electron chi connectivity index (χ0n) is 13.3. The number of sulfonamides is 1. The Morgan fingerprint density at radius 1 is 1.24 bits per heavy atom. The van der Waals surface area contributed by atoms with Crippen molar-refractivity contribution < 1.29 is 13.2 Å². The minimum Gasteiger partial charge on any atom is -0.494 e. The van der Waals surface area contributed by atoms with Gasteiger partial charge >= 0.3 is 0 Å². The number of hydrogen-bond donors (Lipinski definition) is 1. The molecule has 1 aromatic carbocycles. The van der Waals surface area contributed by atoms with E-state index in [0.717, 1.165) is 12.8 Å². The first kappa shape index (κ1) is 17.9. The van der Waals surface area contributed by atoms with Crippen molar-refractivity contribution >= 4 is 10.0 Å². The molecule has 0 aromatic heterocycles. The smallest absolute Gasteiger partial charge is 0.240 e. The zero-order chi connectivity index (χ0) is 15.9. The average Bonchev–Trinajstić information content (AvgIpc) is 2.38. The molecule has 6 heteroatoms. The first-order chi connectivity index (χ1) is 9.85. The molecule has 0 amide bonds. The van der Waals surface area contributed by atoms with Gasteiger partial charge in [-0.15, -0.1) is 0 Å². The van der Waals surface area contributed by atoms with E-state index in [-0.39, 0.29) is 10.9 Å². The zero-order valence-corrected chi connectivity index (χ0v) is 14.1. The van der Waals surface area contributed by atoms with E-state index in [2.05, 4.69) is 11.6 Å². The summed E-state index contributed by atoms with van der Waals surface area (Å²) in [6.45, 7) is 5.25. The minimum absolute atomic E-state index is 0.148. The van der Waals surface area contributed by atoms with Crippen LogP contribution in [0.3, 0.4) is 0 Å². The lowest BCUT2D eigenvalue weighted by molar-refractivity contribution is 0.309. The van der Waals surface area contributed by atoms with Gasteiger partial charge in [0, 0.05) is 12.6 Å². The molecule has 0 spiro atoms. The van der Waals surface area contributed by atoms with Crippen LogP contribution in [0, 0.1) is 0 Å². The van der Waals surface area contributed by atoms with Crippen LogP contribution in [0.1, 0.15) is 26.7 Å². The number of unbranched alkanes of at least 4 members (excludes halogenated alkanes) is 1. The van der Waals surface area contributed by atoms with Crippen molar-refractivity contribution in [1.29, 1.82) is 0 Å². The van der Waals surface area contributed by atoms with Crippen LogP contribution in [-0.4, -0.2) is 46.6 Å². The molecule has 1 N–H and O–H groups in total. The highest BCUT2D eigenvalue weighted by atomic mass is 32.2. The fourth-order valence-corrected chi connectivity index (χ4v) is 3.20. The van der Waals surface area contributed by atoms with E-state index >= 15 is 0 Å². The Morgan fingerprint density at radius 3 is 2.38 bits per heavy atom. The number of benzene rings is 1. The standard InChI is InChI=1S/C15H26N2O3S/c1-5-6-11-20-14-7-9-15(10-8-14)21(18,19)16-13(2)12-17(3)4/h7-10,13,16H,5-6,11-12H2,1-4H3. The first-order valence-electron chi connectivity index (χ1n) is 7.25. The second kappa shape index (κ2) is 8.36. The maximum atomic E-state index is 12.2. The molecule has 0 aliphatic rings. The van der Waals surface area contributed by atoms with Crippen molar-refractivity contribution in [2.24, 2.45) is 0 Å². The van der Waals surface area contributed by atoms with Gasteiger partial charge in [0.15, 0.2) is 0 Å². The van der Waals surface area contributed by atoms with E-state index in [1.54, 1.807) is 24.3 Å². The van der Waals surface area contributed by atoms with E-state index in [9.17, 15) is 8.42 Å². The first-order valence-corrected chi connectivity index (χ1v) is 8.73. The molecule has 120 valence electrons. The summed E-state index contributed by atoms with van der Waals surface area (Å²) in [5.74, 6) is 0.698. The van der Waals surface area contributed by atoms with Crippen LogP contribution in [0.5, 0.6) is 5.75 Å². The van der Waals surface area contributed by atoms with Gasteiger partial charge in [-0.2, -0.15) is 0 Å². The Kier molecular flexibility index (Phi) is 7.14. The molecule has 1 aromatic rings. The predicted octanol–water partition coefficient (Wildman–Crippen LogP) is 2.09. The number of likely N-dealkylation sites (N-methyl/N-ethyl adjacent to an activating group) is 1. The van der Waals surface area contributed by atoms with Crippen molar-refractivity contribution in [1.82, 2.24) is 9.62 Å². The monoisotopic (exact) mass is 314 g/mol. The molecule has 0 bridgehead atoms. The minimum atomic E-state index is -3.48.